The quantitative estimate of drug-likeness (QED) is 0.853. The zero-order valence-corrected chi connectivity index (χ0v) is 11.0. The Kier molecular flexibility index (Phi) is 6.61. The summed E-state index contributed by atoms with van der Waals surface area (Å²) in [6.07, 6.45) is 2.00. The minimum Gasteiger partial charge on any atom is -0.324 e. The summed E-state index contributed by atoms with van der Waals surface area (Å²) in [4.78, 5) is 0. The number of hydrogen-bond acceptors (Lipinski definition) is 1. The number of benzene rings is 1. The van der Waals surface area contributed by atoms with Crippen molar-refractivity contribution in [3.8, 4) is 0 Å². The molecule has 0 heterocycles. The van der Waals surface area contributed by atoms with Crippen LogP contribution in [0, 0.1) is 18.7 Å². The highest BCUT2D eigenvalue weighted by atomic mass is 35.5. The molecular formula is C13H21ClFN. The second-order valence-electron chi connectivity index (χ2n) is 4.53. The Morgan fingerprint density at radius 2 is 1.88 bits per heavy atom. The third-order valence-electron chi connectivity index (χ3n) is 2.76. The Balaban J connectivity index is 0.00000225. The lowest BCUT2D eigenvalue weighted by Gasteiger charge is -2.16. The molecule has 0 bridgehead atoms. The molecule has 16 heavy (non-hydrogen) atoms. The molecule has 0 saturated carbocycles. The normalized spacial score (nSPS) is 12.4. The Morgan fingerprint density at radius 1 is 1.25 bits per heavy atom. The molecule has 92 valence electrons. The van der Waals surface area contributed by atoms with Crippen molar-refractivity contribution < 1.29 is 4.39 Å². The first-order chi connectivity index (χ1) is 7.02. The molecule has 1 nitrogen and oxygen atoms in total. The van der Waals surface area contributed by atoms with Gasteiger partial charge in [0.1, 0.15) is 5.82 Å². The zero-order valence-electron chi connectivity index (χ0n) is 10.2. The number of rotatable bonds is 4. The maximum absolute atomic E-state index is 13.3. The Morgan fingerprint density at radius 3 is 2.44 bits per heavy atom. The van der Waals surface area contributed by atoms with Crippen LogP contribution in [-0.4, -0.2) is 0 Å². The molecule has 0 spiro atoms. The summed E-state index contributed by atoms with van der Waals surface area (Å²) in [6.45, 7) is 6.14. The van der Waals surface area contributed by atoms with Gasteiger partial charge in [0.25, 0.3) is 0 Å². The maximum atomic E-state index is 13.3. The summed E-state index contributed by atoms with van der Waals surface area (Å²) in [5.41, 5.74) is 7.68. The predicted molar refractivity (Wildman–Crippen MR) is 69.4 cm³/mol. The van der Waals surface area contributed by atoms with Gasteiger partial charge < -0.3 is 5.73 Å². The summed E-state index contributed by atoms with van der Waals surface area (Å²) in [6, 6.07) is 5.09. The Bertz CT molecular complexity index is 326. The van der Waals surface area contributed by atoms with Crippen LogP contribution in [0.1, 0.15) is 43.9 Å². The topological polar surface area (TPSA) is 26.0 Å². The first kappa shape index (κ1) is 15.4. The number of hydrogen-bond donors (Lipinski definition) is 1. The van der Waals surface area contributed by atoms with E-state index in [1.807, 2.05) is 6.07 Å². The molecule has 0 radical (unpaired) electrons. The van der Waals surface area contributed by atoms with E-state index in [1.54, 1.807) is 13.0 Å². The molecule has 0 aliphatic heterocycles. The van der Waals surface area contributed by atoms with E-state index in [9.17, 15) is 4.39 Å². The first-order valence-electron chi connectivity index (χ1n) is 5.53. The average Bonchev–Trinajstić information content (AvgIpc) is 2.18. The van der Waals surface area contributed by atoms with Gasteiger partial charge in [-0.1, -0.05) is 26.0 Å². The van der Waals surface area contributed by atoms with Crippen LogP contribution in [0.4, 0.5) is 4.39 Å². The van der Waals surface area contributed by atoms with E-state index in [-0.39, 0.29) is 24.3 Å². The lowest BCUT2D eigenvalue weighted by atomic mass is 9.95. The van der Waals surface area contributed by atoms with Gasteiger partial charge in [-0.15, -0.1) is 12.4 Å². The van der Waals surface area contributed by atoms with Gasteiger partial charge >= 0.3 is 0 Å². The van der Waals surface area contributed by atoms with Gasteiger partial charge in [-0.2, -0.15) is 0 Å². The second kappa shape index (κ2) is 6.87. The van der Waals surface area contributed by atoms with Crippen molar-refractivity contribution in [2.75, 3.05) is 0 Å². The van der Waals surface area contributed by atoms with Crippen LogP contribution in [0.5, 0.6) is 0 Å². The van der Waals surface area contributed by atoms with Crippen molar-refractivity contribution >= 4 is 12.4 Å². The molecule has 1 aromatic rings. The molecule has 0 aliphatic carbocycles. The van der Waals surface area contributed by atoms with Crippen molar-refractivity contribution in [3.63, 3.8) is 0 Å². The Hall–Kier alpha value is -0.600. The van der Waals surface area contributed by atoms with Crippen molar-refractivity contribution in [3.05, 3.63) is 35.1 Å². The largest absolute Gasteiger partial charge is 0.324 e. The van der Waals surface area contributed by atoms with E-state index in [0.717, 1.165) is 18.4 Å². The minimum absolute atomic E-state index is 0. The average molecular weight is 246 g/mol. The molecule has 2 N–H and O–H groups in total. The second-order valence-corrected chi connectivity index (χ2v) is 4.53. The lowest BCUT2D eigenvalue weighted by molar-refractivity contribution is 0.503. The summed E-state index contributed by atoms with van der Waals surface area (Å²) < 4.78 is 13.3. The van der Waals surface area contributed by atoms with Crippen LogP contribution in [0.25, 0.3) is 0 Å². The standard InChI is InChI=1S/C13H20FN.ClH/c1-9(2)7-8-13(15)11-5-4-6-12(14)10(11)3;/h4-6,9,13H,7-8,15H2,1-3H3;1H/t13-;/m0./s1. The summed E-state index contributed by atoms with van der Waals surface area (Å²) in [7, 11) is 0. The highest BCUT2D eigenvalue weighted by Crippen LogP contribution is 2.23. The van der Waals surface area contributed by atoms with E-state index in [2.05, 4.69) is 13.8 Å². The summed E-state index contributed by atoms with van der Waals surface area (Å²) in [5.74, 6) is 0.484. The highest BCUT2D eigenvalue weighted by Gasteiger charge is 2.11. The monoisotopic (exact) mass is 245 g/mol. The van der Waals surface area contributed by atoms with Crippen molar-refractivity contribution in [2.24, 2.45) is 11.7 Å². The van der Waals surface area contributed by atoms with Crippen LogP contribution in [-0.2, 0) is 0 Å². The summed E-state index contributed by atoms with van der Waals surface area (Å²) >= 11 is 0. The van der Waals surface area contributed by atoms with Crippen LogP contribution in [0.2, 0.25) is 0 Å². The molecule has 1 aromatic carbocycles. The van der Waals surface area contributed by atoms with Crippen LogP contribution in [0.15, 0.2) is 18.2 Å². The fraction of sp³-hybridized carbons (Fsp3) is 0.538. The predicted octanol–water partition coefficient (Wildman–Crippen LogP) is 3.99. The van der Waals surface area contributed by atoms with E-state index in [1.165, 1.54) is 6.07 Å². The Labute approximate surface area is 104 Å². The van der Waals surface area contributed by atoms with Gasteiger partial charge in [0.2, 0.25) is 0 Å². The molecule has 0 aliphatic rings. The van der Waals surface area contributed by atoms with Gasteiger partial charge in [-0.05, 0) is 42.9 Å². The van der Waals surface area contributed by atoms with E-state index in [4.69, 9.17) is 5.73 Å². The molecule has 0 unspecified atom stereocenters. The maximum Gasteiger partial charge on any atom is 0.126 e. The van der Waals surface area contributed by atoms with Gasteiger partial charge in [-0.3, -0.25) is 0 Å². The van der Waals surface area contributed by atoms with Crippen molar-refractivity contribution in [2.45, 2.75) is 39.7 Å². The SMILES string of the molecule is Cc1c(F)cccc1[C@@H](N)CCC(C)C.Cl. The third kappa shape index (κ3) is 4.11. The molecule has 1 rings (SSSR count). The number of halogens is 2. The third-order valence-corrected chi connectivity index (χ3v) is 2.76. The van der Waals surface area contributed by atoms with Crippen LogP contribution >= 0.6 is 12.4 Å². The fourth-order valence-corrected chi connectivity index (χ4v) is 1.69. The fourth-order valence-electron chi connectivity index (χ4n) is 1.69. The van der Waals surface area contributed by atoms with Crippen LogP contribution in [0.3, 0.4) is 0 Å². The summed E-state index contributed by atoms with van der Waals surface area (Å²) in [5, 5.41) is 0. The van der Waals surface area contributed by atoms with Gasteiger partial charge in [0, 0.05) is 6.04 Å². The molecule has 0 aromatic heterocycles. The molecular weight excluding hydrogens is 225 g/mol. The molecule has 3 heteroatoms. The smallest absolute Gasteiger partial charge is 0.126 e. The molecule has 0 amide bonds. The zero-order chi connectivity index (χ0) is 11.4. The van der Waals surface area contributed by atoms with Gasteiger partial charge in [0.15, 0.2) is 0 Å². The minimum atomic E-state index is -0.160. The van der Waals surface area contributed by atoms with Gasteiger partial charge in [0.05, 0.1) is 0 Å². The highest BCUT2D eigenvalue weighted by molar-refractivity contribution is 5.85. The molecule has 0 saturated heterocycles. The molecule has 0 fully saturated rings. The lowest BCUT2D eigenvalue weighted by Crippen LogP contribution is -2.13. The van der Waals surface area contributed by atoms with E-state index >= 15 is 0 Å². The van der Waals surface area contributed by atoms with E-state index in [0.29, 0.717) is 11.5 Å². The van der Waals surface area contributed by atoms with Crippen LogP contribution < -0.4 is 5.73 Å². The first-order valence-corrected chi connectivity index (χ1v) is 5.53. The van der Waals surface area contributed by atoms with E-state index < -0.39 is 0 Å². The van der Waals surface area contributed by atoms with Gasteiger partial charge in [-0.25, -0.2) is 4.39 Å². The number of nitrogens with two attached hydrogens (primary N) is 1. The van der Waals surface area contributed by atoms with Crippen molar-refractivity contribution in [1.29, 1.82) is 0 Å². The van der Waals surface area contributed by atoms with Crippen molar-refractivity contribution in [1.82, 2.24) is 0 Å². The molecule has 1 atom stereocenters.